The first-order chi connectivity index (χ1) is 17.8. The molecule has 11 heteroatoms. The summed E-state index contributed by atoms with van der Waals surface area (Å²) in [5.74, 6) is -3.04. The Kier molecular flexibility index (Phi) is 7.53. The van der Waals surface area contributed by atoms with Gasteiger partial charge in [-0.15, -0.1) is 0 Å². The van der Waals surface area contributed by atoms with Gasteiger partial charge in [0.2, 0.25) is 0 Å². The average molecular weight is 559 g/mol. The fourth-order valence-corrected chi connectivity index (χ4v) is 4.44. The van der Waals surface area contributed by atoms with Crippen LogP contribution in [0.1, 0.15) is 34.7 Å². The highest BCUT2D eigenvalue weighted by atomic mass is 35.5. The standard InChI is InChI=1S/C27H21ClF6O4/c1-2-36-23(35)25(17-9-11-22(28)12-10-17)37-15-24(16-38-25,18-5-3-7-20(13-18)26(29,30)31)19-6-4-8-21(14-19)27(32,33)34/h3-14H,2,15-16H2,1H3. The Hall–Kier alpha value is -3.08. The van der Waals surface area contributed by atoms with Crippen LogP contribution in [0.3, 0.4) is 0 Å². The van der Waals surface area contributed by atoms with Gasteiger partial charge < -0.3 is 14.2 Å². The molecule has 0 aliphatic carbocycles. The lowest BCUT2D eigenvalue weighted by atomic mass is 9.74. The van der Waals surface area contributed by atoms with Crippen LogP contribution in [-0.2, 0) is 42.6 Å². The van der Waals surface area contributed by atoms with E-state index in [0.29, 0.717) is 5.02 Å². The number of halogens is 7. The highest BCUT2D eigenvalue weighted by Gasteiger charge is 2.54. The molecule has 3 aromatic rings. The summed E-state index contributed by atoms with van der Waals surface area (Å²) in [6, 6.07) is 14.3. The fraction of sp³-hybridized carbons (Fsp3) is 0.296. The lowest BCUT2D eigenvalue weighted by Gasteiger charge is -2.45. The second-order valence-electron chi connectivity index (χ2n) is 8.66. The lowest BCUT2D eigenvalue weighted by molar-refractivity contribution is -0.290. The summed E-state index contributed by atoms with van der Waals surface area (Å²) in [5.41, 5.74) is -3.43. The van der Waals surface area contributed by atoms with E-state index in [2.05, 4.69) is 0 Å². The molecule has 38 heavy (non-hydrogen) atoms. The van der Waals surface area contributed by atoms with Crippen LogP contribution in [-0.4, -0.2) is 25.8 Å². The summed E-state index contributed by atoms with van der Waals surface area (Å²) in [7, 11) is 0. The Bertz CT molecular complexity index is 1240. The minimum absolute atomic E-state index is 0.000199. The fourth-order valence-electron chi connectivity index (χ4n) is 4.32. The summed E-state index contributed by atoms with van der Waals surface area (Å²) in [5, 5.41) is 0.353. The van der Waals surface area contributed by atoms with Gasteiger partial charge in [-0.05, 0) is 42.3 Å². The van der Waals surface area contributed by atoms with Gasteiger partial charge in [-0.2, -0.15) is 26.3 Å². The minimum atomic E-state index is -4.71. The highest BCUT2D eigenvalue weighted by Crippen LogP contribution is 2.45. The molecular weight excluding hydrogens is 538 g/mol. The van der Waals surface area contributed by atoms with Gasteiger partial charge in [0.1, 0.15) is 0 Å². The van der Waals surface area contributed by atoms with E-state index in [-0.39, 0.29) is 23.3 Å². The van der Waals surface area contributed by atoms with E-state index in [4.69, 9.17) is 25.8 Å². The summed E-state index contributed by atoms with van der Waals surface area (Å²) in [6.45, 7) is 0.521. The number of benzene rings is 3. The molecule has 0 aromatic heterocycles. The van der Waals surface area contributed by atoms with Gasteiger partial charge in [-0.3, -0.25) is 0 Å². The van der Waals surface area contributed by atoms with Gasteiger partial charge in [0.05, 0.1) is 36.4 Å². The summed E-state index contributed by atoms with van der Waals surface area (Å²) >= 11 is 5.96. The third kappa shape index (κ3) is 5.25. The molecule has 202 valence electrons. The van der Waals surface area contributed by atoms with Gasteiger partial charge >= 0.3 is 18.3 Å². The van der Waals surface area contributed by atoms with Crippen LogP contribution < -0.4 is 0 Å². The molecule has 1 aliphatic heterocycles. The largest absolute Gasteiger partial charge is 0.462 e. The van der Waals surface area contributed by atoms with E-state index in [9.17, 15) is 31.1 Å². The zero-order chi connectivity index (χ0) is 27.8. The second-order valence-corrected chi connectivity index (χ2v) is 9.10. The van der Waals surface area contributed by atoms with Crippen molar-refractivity contribution >= 4 is 17.6 Å². The number of carbonyl (C=O) groups is 1. The van der Waals surface area contributed by atoms with Crippen molar-refractivity contribution in [1.29, 1.82) is 0 Å². The first kappa shape index (κ1) is 27.9. The number of hydrogen-bond acceptors (Lipinski definition) is 4. The first-order valence-corrected chi connectivity index (χ1v) is 11.8. The van der Waals surface area contributed by atoms with Gasteiger partial charge in [0.25, 0.3) is 5.79 Å². The van der Waals surface area contributed by atoms with Crippen LogP contribution >= 0.6 is 11.6 Å². The van der Waals surface area contributed by atoms with E-state index in [0.717, 1.165) is 36.4 Å². The van der Waals surface area contributed by atoms with Crippen molar-refractivity contribution < 1.29 is 45.3 Å². The van der Waals surface area contributed by atoms with Gasteiger partial charge in [-0.25, -0.2) is 4.79 Å². The zero-order valence-corrected chi connectivity index (χ0v) is 20.6. The summed E-state index contributed by atoms with van der Waals surface area (Å²) < 4.78 is 98.5. The Labute approximate surface area is 219 Å². The normalized spacial score (nSPS) is 17.2. The molecule has 4 rings (SSSR count). The minimum Gasteiger partial charge on any atom is -0.462 e. The van der Waals surface area contributed by atoms with Crippen LogP contribution in [0.4, 0.5) is 26.3 Å². The Morgan fingerprint density at radius 1 is 0.816 bits per heavy atom. The molecule has 1 aliphatic rings. The molecule has 0 spiro atoms. The Morgan fingerprint density at radius 2 is 1.29 bits per heavy atom. The predicted molar refractivity (Wildman–Crippen MR) is 125 cm³/mol. The summed E-state index contributed by atoms with van der Waals surface area (Å²) in [6.07, 6.45) is -9.42. The van der Waals surface area contributed by atoms with E-state index < -0.39 is 53.9 Å². The molecule has 0 N–H and O–H groups in total. The SMILES string of the molecule is CCOC(=O)C1(c2ccc(Cl)cc2)OCC(c2cccc(C(F)(F)F)c2)(c2cccc(C(F)(F)F)c2)CO1. The van der Waals surface area contributed by atoms with Gasteiger partial charge in [0, 0.05) is 10.6 Å². The van der Waals surface area contributed by atoms with Crippen LogP contribution in [0.2, 0.25) is 5.02 Å². The van der Waals surface area contributed by atoms with Crippen LogP contribution in [0.15, 0.2) is 72.8 Å². The van der Waals surface area contributed by atoms with Crippen molar-refractivity contribution in [3.8, 4) is 0 Å². The number of esters is 1. The van der Waals surface area contributed by atoms with Crippen molar-refractivity contribution in [3.05, 3.63) is 106 Å². The van der Waals surface area contributed by atoms with Crippen LogP contribution in [0.5, 0.6) is 0 Å². The Balaban J connectivity index is 1.86. The van der Waals surface area contributed by atoms with Crippen LogP contribution in [0, 0.1) is 0 Å². The van der Waals surface area contributed by atoms with E-state index >= 15 is 0 Å². The molecule has 4 nitrogen and oxygen atoms in total. The molecule has 1 saturated heterocycles. The number of carbonyl (C=O) groups excluding carboxylic acids is 1. The quantitative estimate of drug-likeness (QED) is 0.247. The number of rotatable bonds is 5. The van der Waals surface area contributed by atoms with Crippen molar-refractivity contribution in [1.82, 2.24) is 0 Å². The summed E-state index contributed by atoms with van der Waals surface area (Å²) in [4.78, 5) is 13.1. The predicted octanol–water partition coefficient (Wildman–Crippen LogP) is 7.13. The van der Waals surface area contributed by atoms with Crippen LogP contribution in [0.25, 0.3) is 0 Å². The maximum atomic E-state index is 13.6. The van der Waals surface area contributed by atoms with Crippen molar-refractivity contribution in [2.75, 3.05) is 19.8 Å². The number of alkyl halides is 6. The molecule has 0 radical (unpaired) electrons. The number of hydrogen-bond donors (Lipinski definition) is 0. The van der Waals surface area contributed by atoms with Crippen molar-refractivity contribution in [2.24, 2.45) is 0 Å². The molecule has 0 atom stereocenters. The first-order valence-electron chi connectivity index (χ1n) is 11.4. The third-order valence-electron chi connectivity index (χ3n) is 6.30. The van der Waals surface area contributed by atoms with E-state index in [1.54, 1.807) is 6.92 Å². The maximum Gasteiger partial charge on any atom is 0.416 e. The zero-order valence-electron chi connectivity index (χ0n) is 19.8. The lowest BCUT2D eigenvalue weighted by Crippen LogP contribution is -2.55. The van der Waals surface area contributed by atoms with Gasteiger partial charge in [0.15, 0.2) is 0 Å². The van der Waals surface area contributed by atoms with Gasteiger partial charge in [-0.1, -0.05) is 60.1 Å². The molecule has 0 bridgehead atoms. The molecule has 0 unspecified atom stereocenters. The van der Waals surface area contributed by atoms with Crippen molar-refractivity contribution in [2.45, 2.75) is 30.5 Å². The molecular formula is C27H21ClF6O4. The maximum absolute atomic E-state index is 13.6. The molecule has 1 heterocycles. The topological polar surface area (TPSA) is 44.8 Å². The second kappa shape index (κ2) is 10.2. The Morgan fingerprint density at radius 3 is 1.71 bits per heavy atom. The number of ether oxygens (including phenoxy) is 3. The molecule has 0 amide bonds. The molecule has 3 aromatic carbocycles. The highest BCUT2D eigenvalue weighted by molar-refractivity contribution is 6.30. The third-order valence-corrected chi connectivity index (χ3v) is 6.55. The van der Waals surface area contributed by atoms with E-state index in [1.165, 1.54) is 36.4 Å². The smallest absolute Gasteiger partial charge is 0.416 e. The van der Waals surface area contributed by atoms with Crippen molar-refractivity contribution in [3.63, 3.8) is 0 Å². The monoisotopic (exact) mass is 558 g/mol. The molecule has 1 fully saturated rings. The average Bonchev–Trinajstić information content (AvgIpc) is 2.88. The molecule has 0 saturated carbocycles. The van der Waals surface area contributed by atoms with E-state index in [1.807, 2.05) is 0 Å².